The van der Waals surface area contributed by atoms with Crippen LogP contribution in [0.25, 0.3) is 10.9 Å². The maximum Gasteiger partial charge on any atom is 0.174 e. The van der Waals surface area contributed by atoms with Gasteiger partial charge in [0.2, 0.25) is 0 Å². The first kappa shape index (κ1) is 18.0. The highest BCUT2D eigenvalue weighted by atomic mass is 15.5. The quantitative estimate of drug-likeness (QED) is 0.358. The second-order valence-electron chi connectivity index (χ2n) is 6.48. The maximum atomic E-state index is 4.85. The number of imidazole rings is 1. The summed E-state index contributed by atoms with van der Waals surface area (Å²) in [5.74, 6) is 0.727. The molecule has 1 unspecified atom stereocenters. The summed E-state index contributed by atoms with van der Waals surface area (Å²) >= 11 is 0. The van der Waals surface area contributed by atoms with E-state index in [-0.39, 0.29) is 6.04 Å². The lowest BCUT2D eigenvalue weighted by molar-refractivity contribution is 0.498. The van der Waals surface area contributed by atoms with E-state index in [0.717, 1.165) is 41.9 Å². The molecule has 0 aliphatic carbocycles. The molecule has 0 aliphatic rings. The lowest BCUT2D eigenvalue weighted by Crippen LogP contribution is -2.28. The fourth-order valence-electron chi connectivity index (χ4n) is 3.17. The number of para-hydroxylation sites is 1. The van der Waals surface area contributed by atoms with Crippen molar-refractivity contribution in [3.05, 3.63) is 79.3 Å². The first-order valence-electron chi connectivity index (χ1n) is 9.27. The Kier molecular flexibility index (Phi) is 5.48. The van der Waals surface area contributed by atoms with Crippen LogP contribution in [0.15, 0.2) is 67.8 Å². The third kappa shape index (κ3) is 3.96. The second kappa shape index (κ2) is 8.53. The molecule has 142 valence electrons. The normalized spacial score (nSPS) is 12.3. The van der Waals surface area contributed by atoms with Crippen LogP contribution in [0.2, 0.25) is 0 Å². The lowest BCUT2D eigenvalue weighted by atomic mass is 10.1. The molecule has 0 fully saturated rings. The molecule has 0 saturated heterocycles. The third-order valence-corrected chi connectivity index (χ3v) is 4.54. The lowest BCUT2D eigenvalue weighted by Gasteiger charge is -2.18. The van der Waals surface area contributed by atoms with Crippen LogP contribution >= 0.6 is 0 Å². The molecule has 0 aliphatic heterocycles. The number of pyridine rings is 1. The Morgan fingerprint density at radius 3 is 2.96 bits per heavy atom. The molecule has 8 heteroatoms. The van der Waals surface area contributed by atoms with E-state index in [9.17, 15) is 0 Å². The van der Waals surface area contributed by atoms with Gasteiger partial charge in [0.25, 0.3) is 0 Å². The first-order valence-corrected chi connectivity index (χ1v) is 9.27. The van der Waals surface area contributed by atoms with Crippen LogP contribution in [-0.4, -0.2) is 41.3 Å². The fourth-order valence-corrected chi connectivity index (χ4v) is 3.17. The summed E-state index contributed by atoms with van der Waals surface area (Å²) in [7, 11) is 0. The van der Waals surface area contributed by atoms with Crippen LogP contribution in [0.1, 0.15) is 24.0 Å². The molecule has 3 heterocycles. The Hall–Kier alpha value is -3.39. The molecule has 1 atom stereocenters. The standard InChI is InChI=1S/C20H22N8/c1-2-12-28-20(24-25-26-28)19(22-10-5-13-27-14-11-21-15-27)18-9-8-16-6-3-4-7-17(16)23-18/h2-4,6-9,11,14-15,19,22H,1,5,10,12-13H2. The van der Waals surface area contributed by atoms with Gasteiger partial charge in [0.1, 0.15) is 6.04 Å². The Bertz CT molecular complexity index is 1040. The summed E-state index contributed by atoms with van der Waals surface area (Å²) in [6.45, 7) is 6.02. The smallest absolute Gasteiger partial charge is 0.174 e. The van der Waals surface area contributed by atoms with Gasteiger partial charge in [0, 0.05) is 24.3 Å². The number of rotatable bonds is 9. The van der Waals surface area contributed by atoms with Gasteiger partial charge < -0.3 is 9.88 Å². The van der Waals surface area contributed by atoms with Gasteiger partial charge in [-0.2, -0.15) is 0 Å². The summed E-state index contributed by atoms with van der Waals surface area (Å²) in [4.78, 5) is 8.93. The van der Waals surface area contributed by atoms with Crippen LogP contribution in [0, 0.1) is 0 Å². The molecule has 4 aromatic rings. The van der Waals surface area contributed by atoms with E-state index in [1.807, 2.05) is 36.8 Å². The van der Waals surface area contributed by atoms with Crippen LogP contribution in [0.3, 0.4) is 0 Å². The Balaban J connectivity index is 1.58. The zero-order valence-electron chi connectivity index (χ0n) is 15.5. The predicted molar refractivity (Wildman–Crippen MR) is 106 cm³/mol. The van der Waals surface area contributed by atoms with Crippen molar-refractivity contribution >= 4 is 10.9 Å². The zero-order valence-corrected chi connectivity index (χ0v) is 15.5. The number of allylic oxidation sites excluding steroid dienone is 1. The van der Waals surface area contributed by atoms with Crippen molar-refractivity contribution < 1.29 is 0 Å². The van der Waals surface area contributed by atoms with Crippen molar-refractivity contribution in [1.82, 2.24) is 40.1 Å². The van der Waals surface area contributed by atoms with Gasteiger partial charge in [-0.3, -0.25) is 4.98 Å². The summed E-state index contributed by atoms with van der Waals surface area (Å²) < 4.78 is 3.81. The van der Waals surface area contributed by atoms with Crippen molar-refractivity contribution in [2.24, 2.45) is 0 Å². The predicted octanol–water partition coefficient (Wildman–Crippen LogP) is 2.37. The van der Waals surface area contributed by atoms with Gasteiger partial charge in [-0.1, -0.05) is 30.3 Å². The van der Waals surface area contributed by atoms with E-state index < -0.39 is 0 Å². The summed E-state index contributed by atoms with van der Waals surface area (Å²) in [5, 5.41) is 16.9. The van der Waals surface area contributed by atoms with Crippen molar-refractivity contribution in [2.75, 3.05) is 6.54 Å². The molecule has 1 N–H and O–H groups in total. The molecule has 3 aromatic heterocycles. The van der Waals surface area contributed by atoms with Crippen LogP contribution in [0.5, 0.6) is 0 Å². The van der Waals surface area contributed by atoms with Gasteiger partial charge in [0.05, 0.1) is 24.1 Å². The number of aromatic nitrogens is 7. The molecule has 0 spiro atoms. The number of benzene rings is 1. The Morgan fingerprint density at radius 1 is 1.18 bits per heavy atom. The molecular weight excluding hydrogens is 352 g/mol. The van der Waals surface area contributed by atoms with E-state index in [1.165, 1.54) is 0 Å². The van der Waals surface area contributed by atoms with E-state index in [4.69, 9.17) is 4.98 Å². The molecule has 28 heavy (non-hydrogen) atoms. The summed E-state index contributed by atoms with van der Waals surface area (Å²) in [6.07, 6.45) is 8.31. The maximum absolute atomic E-state index is 4.85. The number of nitrogens with zero attached hydrogens (tertiary/aromatic N) is 7. The SMILES string of the molecule is C=CCn1nnnc1C(NCCCn1ccnc1)c1ccc2ccccc2n1. The van der Waals surface area contributed by atoms with Gasteiger partial charge >= 0.3 is 0 Å². The molecule has 0 amide bonds. The van der Waals surface area contributed by atoms with Gasteiger partial charge in [-0.25, -0.2) is 9.67 Å². The van der Waals surface area contributed by atoms with Crippen molar-refractivity contribution in [3.8, 4) is 0 Å². The van der Waals surface area contributed by atoms with Crippen molar-refractivity contribution in [3.63, 3.8) is 0 Å². The molecular formula is C20H22N8. The van der Waals surface area contributed by atoms with Crippen LogP contribution in [0.4, 0.5) is 0 Å². The fraction of sp³-hybridized carbons (Fsp3) is 0.250. The average molecular weight is 374 g/mol. The van der Waals surface area contributed by atoms with E-state index in [0.29, 0.717) is 6.54 Å². The largest absolute Gasteiger partial charge is 0.337 e. The number of hydrogen-bond donors (Lipinski definition) is 1. The van der Waals surface area contributed by atoms with E-state index in [1.54, 1.807) is 17.0 Å². The third-order valence-electron chi connectivity index (χ3n) is 4.54. The van der Waals surface area contributed by atoms with E-state index >= 15 is 0 Å². The highest BCUT2D eigenvalue weighted by Gasteiger charge is 2.22. The molecule has 0 bridgehead atoms. The summed E-state index contributed by atoms with van der Waals surface area (Å²) in [5.41, 5.74) is 1.84. The molecule has 8 nitrogen and oxygen atoms in total. The van der Waals surface area contributed by atoms with Crippen molar-refractivity contribution in [1.29, 1.82) is 0 Å². The molecule has 0 radical (unpaired) electrons. The minimum Gasteiger partial charge on any atom is -0.337 e. The van der Waals surface area contributed by atoms with Gasteiger partial charge in [-0.15, -0.1) is 11.7 Å². The minimum absolute atomic E-state index is 0.206. The second-order valence-corrected chi connectivity index (χ2v) is 6.48. The highest BCUT2D eigenvalue weighted by Crippen LogP contribution is 2.21. The van der Waals surface area contributed by atoms with Gasteiger partial charge in [-0.05, 0) is 35.5 Å². The monoisotopic (exact) mass is 374 g/mol. The topological polar surface area (TPSA) is 86.3 Å². The van der Waals surface area contributed by atoms with Gasteiger partial charge in [0.15, 0.2) is 5.82 Å². The van der Waals surface area contributed by atoms with Crippen LogP contribution < -0.4 is 5.32 Å². The minimum atomic E-state index is -0.206. The number of hydrogen-bond acceptors (Lipinski definition) is 6. The zero-order chi connectivity index (χ0) is 19.2. The van der Waals surface area contributed by atoms with E-state index in [2.05, 4.69) is 49.1 Å². The van der Waals surface area contributed by atoms with Crippen LogP contribution in [-0.2, 0) is 13.1 Å². The van der Waals surface area contributed by atoms with Crippen molar-refractivity contribution in [2.45, 2.75) is 25.6 Å². The Labute approximate surface area is 162 Å². The number of fused-ring (bicyclic) bond motifs is 1. The number of aryl methyl sites for hydroxylation is 1. The number of tetrazole rings is 1. The highest BCUT2D eigenvalue weighted by molar-refractivity contribution is 5.78. The average Bonchev–Trinajstić information content (AvgIpc) is 3.40. The first-order chi connectivity index (χ1) is 13.8. The number of nitrogens with one attached hydrogen (secondary N) is 1. The Morgan fingerprint density at radius 2 is 2.11 bits per heavy atom. The molecule has 1 aromatic carbocycles. The molecule has 4 rings (SSSR count). The molecule has 0 saturated carbocycles. The summed E-state index contributed by atoms with van der Waals surface area (Å²) in [6, 6.07) is 12.0.